The molecular weight excluding hydrogens is 238 g/mol. The Kier molecular flexibility index (Phi) is 3.31. The highest BCUT2D eigenvalue weighted by atomic mass is 35.5. The van der Waals surface area contributed by atoms with Gasteiger partial charge in [-0.15, -0.1) is 0 Å². The Labute approximate surface area is 105 Å². The Hall–Kier alpha value is -1.58. The van der Waals surface area contributed by atoms with Crippen LogP contribution < -0.4 is 0 Å². The summed E-state index contributed by atoms with van der Waals surface area (Å²) in [6.07, 6.45) is 0. The number of benzene rings is 2. The van der Waals surface area contributed by atoms with E-state index in [1.54, 1.807) is 19.2 Å². The molecule has 88 valence electrons. The van der Waals surface area contributed by atoms with E-state index in [0.29, 0.717) is 10.6 Å². The third kappa shape index (κ3) is 2.25. The third-order valence-electron chi connectivity index (χ3n) is 2.63. The van der Waals surface area contributed by atoms with Crippen molar-refractivity contribution in [1.82, 2.24) is 5.06 Å². The summed E-state index contributed by atoms with van der Waals surface area (Å²) < 4.78 is 0. The minimum Gasteiger partial charge on any atom is -0.274 e. The van der Waals surface area contributed by atoms with Gasteiger partial charge in [-0.2, -0.15) is 0 Å². The highest BCUT2D eigenvalue weighted by Gasteiger charge is 2.14. The van der Waals surface area contributed by atoms with Crippen LogP contribution in [0.4, 0.5) is 0 Å². The molecule has 0 saturated heterocycles. The summed E-state index contributed by atoms with van der Waals surface area (Å²) in [5.41, 5.74) is 0.600. The van der Waals surface area contributed by atoms with Gasteiger partial charge >= 0.3 is 0 Å². The highest BCUT2D eigenvalue weighted by Crippen LogP contribution is 2.23. The van der Waals surface area contributed by atoms with Crippen LogP contribution >= 0.6 is 11.6 Å². The number of rotatable bonds is 2. The van der Waals surface area contributed by atoms with E-state index in [1.165, 1.54) is 12.2 Å². The lowest BCUT2D eigenvalue weighted by Crippen LogP contribution is -2.25. The maximum absolute atomic E-state index is 12.0. The molecule has 0 heterocycles. The van der Waals surface area contributed by atoms with Crippen LogP contribution in [-0.4, -0.2) is 25.1 Å². The van der Waals surface area contributed by atoms with Gasteiger partial charge < -0.3 is 0 Å². The molecule has 3 nitrogen and oxygen atoms in total. The van der Waals surface area contributed by atoms with Crippen LogP contribution in [-0.2, 0) is 4.84 Å². The number of hydrogen-bond donors (Lipinski definition) is 0. The molecule has 1 amide bonds. The molecule has 0 fully saturated rings. The molecule has 2 aromatic carbocycles. The van der Waals surface area contributed by atoms with Crippen LogP contribution in [0.1, 0.15) is 10.4 Å². The zero-order chi connectivity index (χ0) is 12.4. The van der Waals surface area contributed by atoms with Crippen molar-refractivity contribution < 1.29 is 9.63 Å². The molecule has 2 aromatic rings. The van der Waals surface area contributed by atoms with Gasteiger partial charge in [-0.3, -0.25) is 9.63 Å². The van der Waals surface area contributed by atoms with Gasteiger partial charge in [0.25, 0.3) is 5.91 Å². The summed E-state index contributed by atoms with van der Waals surface area (Å²) >= 11 is 5.92. The molecule has 0 unspecified atom stereocenters. The predicted molar refractivity (Wildman–Crippen MR) is 68.1 cm³/mol. The smallest absolute Gasteiger partial charge is 0.274 e. The van der Waals surface area contributed by atoms with Gasteiger partial charge in [0.2, 0.25) is 0 Å². The van der Waals surface area contributed by atoms with E-state index in [4.69, 9.17) is 16.4 Å². The molecule has 0 aliphatic heterocycles. The predicted octanol–water partition coefficient (Wildman–Crippen LogP) is 3.13. The van der Waals surface area contributed by atoms with Crippen molar-refractivity contribution in [2.75, 3.05) is 14.2 Å². The molecule has 0 aliphatic carbocycles. The van der Waals surface area contributed by atoms with Gasteiger partial charge in [0.1, 0.15) is 0 Å². The number of halogens is 1. The maximum atomic E-state index is 12.0. The van der Waals surface area contributed by atoms with E-state index in [9.17, 15) is 4.79 Å². The van der Waals surface area contributed by atoms with E-state index in [2.05, 4.69) is 0 Å². The van der Waals surface area contributed by atoms with E-state index < -0.39 is 0 Å². The fraction of sp³-hybridized carbons (Fsp3) is 0.154. The first-order valence-electron chi connectivity index (χ1n) is 5.14. The second-order valence-corrected chi connectivity index (χ2v) is 4.09. The fourth-order valence-electron chi connectivity index (χ4n) is 1.69. The van der Waals surface area contributed by atoms with Crippen molar-refractivity contribution in [2.45, 2.75) is 0 Å². The monoisotopic (exact) mass is 249 g/mol. The summed E-state index contributed by atoms with van der Waals surface area (Å²) in [4.78, 5) is 16.9. The van der Waals surface area contributed by atoms with Crippen molar-refractivity contribution in [3.05, 3.63) is 47.0 Å². The van der Waals surface area contributed by atoms with Crippen molar-refractivity contribution >= 4 is 28.3 Å². The zero-order valence-corrected chi connectivity index (χ0v) is 10.4. The zero-order valence-electron chi connectivity index (χ0n) is 9.61. The topological polar surface area (TPSA) is 29.5 Å². The lowest BCUT2D eigenvalue weighted by atomic mass is 10.0. The fourth-order valence-corrected chi connectivity index (χ4v) is 1.87. The van der Waals surface area contributed by atoms with E-state index in [-0.39, 0.29) is 5.91 Å². The molecule has 0 bridgehead atoms. The number of hydrogen-bond acceptors (Lipinski definition) is 2. The van der Waals surface area contributed by atoms with Crippen molar-refractivity contribution in [1.29, 1.82) is 0 Å². The standard InChI is InChI=1S/C13H12ClNO2/c1-15(17-2)13(16)12-5-3-4-9-8-10(14)6-7-11(9)12/h3-8H,1-2H3. The number of carbonyl (C=O) groups excluding carboxylic acids is 1. The van der Waals surface area contributed by atoms with Crippen molar-refractivity contribution in [3.8, 4) is 0 Å². The van der Waals surface area contributed by atoms with E-state index in [1.807, 2.05) is 24.3 Å². The van der Waals surface area contributed by atoms with Gasteiger partial charge in [-0.05, 0) is 29.0 Å². The van der Waals surface area contributed by atoms with Gasteiger partial charge in [-0.25, -0.2) is 5.06 Å². The molecule has 0 saturated carbocycles. The normalized spacial score (nSPS) is 10.5. The van der Waals surface area contributed by atoms with Crippen LogP contribution in [0.5, 0.6) is 0 Å². The number of hydroxylamine groups is 2. The summed E-state index contributed by atoms with van der Waals surface area (Å²) in [5.74, 6) is -0.180. The quantitative estimate of drug-likeness (QED) is 0.766. The third-order valence-corrected chi connectivity index (χ3v) is 2.87. The van der Waals surface area contributed by atoms with E-state index in [0.717, 1.165) is 10.8 Å². The molecule has 0 N–H and O–H groups in total. The number of carbonyl (C=O) groups is 1. The molecular formula is C13H12ClNO2. The molecule has 0 aliphatic rings. The minimum absolute atomic E-state index is 0.180. The lowest BCUT2D eigenvalue weighted by molar-refractivity contribution is -0.0755. The van der Waals surface area contributed by atoms with Gasteiger partial charge in [-0.1, -0.05) is 29.8 Å². The molecule has 4 heteroatoms. The Morgan fingerprint density at radius 1 is 1.29 bits per heavy atom. The summed E-state index contributed by atoms with van der Waals surface area (Å²) in [5, 5.41) is 3.66. The second kappa shape index (κ2) is 4.73. The first-order chi connectivity index (χ1) is 8.13. The lowest BCUT2D eigenvalue weighted by Gasteiger charge is -2.15. The Morgan fingerprint density at radius 2 is 2.06 bits per heavy atom. The molecule has 0 radical (unpaired) electrons. The highest BCUT2D eigenvalue weighted by molar-refractivity contribution is 6.31. The van der Waals surface area contributed by atoms with Crippen LogP contribution in [0.15, 0.2) is 36.4 Å². The number of amides is 1. The van der Waals surface area contributed by atoms with Crippen LogP contribution in [0.2, 0.25) is 5.02 Å². The van der Waals surface area contributed by atoms with Gasteiger partial charge in [0.15, 0.2) is 0 Å². The van der Waals surface area contributed by atoms with Gasteiger partial charge in [0.05, 0.1) is 7.11 Å². The molecule has 0 aromatic heterocycles. The first-order valence-corrected chi connectivity index (χ1v) is 5.51. The first kappa shape index (κ1) is 11.9. The Bertz CT molecular complexity index is 568. The average molecular weight is 250 g/mol. The molecule has 0 spiro atoms. The van der Waals surface area contributed by atoms with Crippen LogP contribution in [0.3, 0.4) is 0 Å². The maximum Gasteiger partial charge on any atom is 0.277 e. The largest absolute Gasteiger partial charge is 0.277 e. The summed E-state index contributed by atoms with van der Waals surface area (Å²) in [6, 6.07) is 11.0. The van der Waals surface area contributed by atoms with Gasteiger partial charge in [0, 0.05) is 17.6 Å². The molecule has 17 heavy (non-hydrogen) atoms. The van der Waals surface area contributed by atoms with Crippen LogP contribution in [0.25, 0.3) is 10.8 Å². The summed E-state index contributed by atoms with van der Waals surface area (Å²) in [6.45, 7) is 0. The van der Waals surface area contributed by atoms with Crippen molar-refractivity contribution in [3.63, 3.8) is 0 Å². The number of fused-ring (bicyclic) bond motifs is 1. The Balaban J connectivity index is 2.58. The second-order valence-electron chi connectivity index (χ2n) is 3.66. The minimum atomic E-state index is -0.180. The average Bonchev–Trinajstić information content (AvgIpc) is 2.35. The number of nitrogens with zero attached hydrogens (tertiary/aromatic N) is 1. The summed E-state index contributed by atoms with van der Waals surface area (Å²) in [7, 11) is 3.04. The van der Waals surface area contributed by atoms with Crippen molar-refractivity contribution in [2.24, 2.45) is 0 Å². The SMILES string of the molecule is CON(C)C(=O)c1cccc2cc(Cl)ccc12. The van der Waals surface area contributed by atoms with Crippen LogP contribution in [0, 0.1) is 0 Å². The van der Waals surface area contributed by atoms with E-state index >= 15 is 0 Å². The molecule has 0 atom stereocenters. The Morgan fingerprint density at radius 3 is 2.76 bits per heavy atom. The molecule has 2 rings (SSSR count).